The van der Waals surface area contributed by atoms with Gasteiger partial charge in [-0.2, -0.15) is 0 Å². The van der Waals surface area contributed by atoms with Gasteiger partial charge in [-0.25, -0.2) is 0 Å². The molecule has 2 heteroatoms. The molecule has 1 atom stereocenters. The van der Waals surface area contributed by atoms with Crippen LogP contribution in [-0.4, -0.2) is 17.3 Å². The fourth-order valence-electron chi connectivity index (χ4n) is 1.98. The van der Waals surface area contributed by atoms with E-state index in [0.29, 0.717) is 12.5 Å². The number of aliphatic hydroxyl groups is 1. The first-order valence-electron chi connectivity index (χ1n) is 3.16. The summed E-state index contributed by atoms with van der Waals surface area (Å²) in [5, 5.41) is 8.67. The molecule has 2 nitrogen and oxygen atoms in total. The third-order valence-electron chi connectivity index (χ3n) is 2.79. The van der Waals surface area contributed by atoms with Crippen molar-refractivity contribution < 1.29 is 5.11 Å². The Kier molecular flexibility index (Phi) is 0.649. The molecule has 3 fully saturated rings. The van der Waals surface area contributed by atoms with Gasteiger partial charge in [-0.1, -0.05) is 0 Å². The normalized spacial score (nSPS) is 59.2. The number of rotatable bonds is 1. The molecule has 0 aromatic rings. The topological polar surface area (TPSA) is 46.2 Å². The summed E-state index contributed by atoms with van der Waals surface area (Å²) in [6.45, 7) is 0.307. The Morgan fingerprint density at radius 2 is 2.25 bits per heavy atom. The molecule has 46 valence electrons. The first-order chi connectivity index (χ1) is 3.76. The molecule has 0 aromatic carbocycles. The highest BCUT2D eigenvalue weighted by Gasteiger charge is 2.62. The molecule has 8 heavy (non-hydrogen) atoms. The van der Waals surface area contributed by atoms with Gasteiger partial charge in [0, 0.05) is 18.1 Å². The summed E-state index contributed by atoms with van der Waals surface area (Å²) in [5.74, 6) is 1.24. The largest absolute Gasteiger partial charge is 0.396 e. The van der Waals surface area contributed by atoms with E-state index in [9.17, 15) is 0 Å². The zero-order chi connectivity index (χ0) is 5.78. The van der Waals surface area contributed by atoms with Crippen LogP contribution in [0.4, 0.5) is 0 Å². The van der Waals surface area contributed by atoms with E-state index in [4.69, 9.17) is 10.8 Å². The van der Waals surface area contributed by atoms with Gasteiger partial charge in [0.15, 0.2) is 0 Å². The van der Waals surface area contributed by atoms with E-state index < -0.39 is 0 Å². The molecule has 0 amide bonds. The average Bonchev–Trinajstić information content (AvgIpc) is 1.62. The second-order valence-electron chi connectivity index (χ2n) is 3.19. The van der Waals surface area contributed by atoms with Crippen LogP contribution in [0.3, 0.4) is 0 Å². The second-order valence-corrected chi connectivity index (χ2v) is 3.19. The zero-order valence-electron chi connectivity index (χ0n) is 4.80. The summed E-state index contributed by atoms with van der Waals surface area (Å²) in [6.07, 6.45) is 2.33. The van der Waals surface area contributed by atoms with Crippen molar-refractivity contribution in [3.8, 4) is 0 Å². The molecule has 1 unspecified atom stereocenters. The minimum Gasteiger partial charge on any atom is -0.396 e. The van der Waals surface area contributed by atoms with Gasteiger partial charge in [-0.3, -0.25) is 0 Å². The van der Waals surface area contributed by atoms with Crippen LogP contribution in [0.5, 0.6) is 0 Å². The van der Waals surface area contributed by atoms with E-state index in [2.05, 4.69) is 0 Å². The number of hydrogen-bond donors (Lipinski definition) is 2. The van der Waals surface area contributed by atoms with E-state index >= 15 is 0 Å². The van der Waals surface area contributed by atoms with Crippen molar-refractivity contribution >= 4 is 0 Å². The standard InChI is InChI=1S/C6H11NO/c7-6-1-4(2-6)5(6)3-8/h4-5,8H,1-3,7H2. The third-order valence-corrected chi connectivity index (χ3v) is 2.79. The van der Waals surface area contributed by atoms with Gasteiger partial charge in [0.2, 0.25) is 0 Å². The van der Waals surface area contributed by atoms with Crippen molar-refractivity contribution in [1.82, 2.24) is 0 Å². The van der Waals surface area contributed by atoms with Gasteiger partial charge < -0.3 is 10.8 Å². The van der Waals surface area contributed by atoms with Gasteiger partial charge in [-0.05, 0) is 18.8 Å². The molecule has 3 N–H and O–H groups in total. The summed E-state index contributed by atoms with van der Waals surface area (Å²) in [7, 11) is 0. The van der Waals surface area contributed by atoms with Gasteiger partial charge in [-0.15, -0.1) is 0 Å². The molecular formula is C6H11NO. The van der Waals surface area contributed by atoms with Gasteiger partial charge in [0.1, 0.15) is 0 Å². The SMILES string of the molecule is NC12CC(C1)C2CO. The highest BCUT2D eigenvalue weighted by molar-refractivity contribution is 5.17. The molecule has 0 spiro atoms. The van der Waals surface area contributed by atoms with Crippen LogP contribution < -0.4 is 5.73 Å². The van der Waals surface area contributed by atoms with Gasteiger partial charge >= 0.3 is 0 Å². The lowest BCUT2D eigenvalue weighted by Gasteiger charge is -2.66. The fourth-order valence-corrected chi connectivity index (χ4v) is 1.98. The smallest absolute Gasteiger partial charge is 0.0479 e. The molecule has 0 aliphatic heterocycles. The lowest BCUT2D eigenvalue weighted by atomic mass is 9.43. The molecule has 0 aromatic heterocycles. The number of aliphatic hydroxyl groups excluding tert-OH is 1. The average molecular weight is 113 g/mol. The Bertz CT molecular complexity index is 118. The third kappa shape index (κ3) is 0.298. The zero-order valence-corrected chi connectivity index (χ0v) is 4.80. The van der Waals surface area contributed by atoms with Crippen molar-refractivity contribution in [2.24, 2.45) is 17.6 Å². The molecule has 0 heterocycles. The molecular weight excluding hydrogens is 102 g/mol. The number of hydrogen-bond acceptors (Lipinski definition) is 2. The van der Waals surface area contributed by atoms with Crippen LogP contribution >= 0.6 is 0 Å². The summed E-state index contributed by atoms with van der Waals surface area (Å²) in [6, 6.07) is 0. The van der Waals surface area contributed by atoms with Gasteiger partial charge in [0.05, 0.1) is 0 Å². The van der Waals surface area contributed by atoms with E-state index in [0.717, 1.165) is 18.8 Å². The van der Waals surface area contributed by atoms with Crippen LogP contribution in [0.25, 0.3) is 0 Å². The Balaban J connectivity index is 2.04. The predicted octanol–water partition coefficient (Wildman–Crippen LogP) is -0.284. The summed E-state index contributed by atoms with van der Waals surface area (Å²) < 4.78 is 0. The molecule has 2 bridgehead atoms. The Labute approximate surface area is 48.7 Å². The van der Waals surface area contributed by atoms with Crippen LogP contribution in [0.15, 0.2) is 0 Å². The number of nitrogens with two attached hydrogens (primary N) is 1. The van der Waals surface area contributed by atoms with Crippen LogP contribution in [0.1, 0.15) is 12.8 Å². The lowest BCUT2D eigenvalue weighted by molar-refractivity contribution is -0.132. The highest BCUT2D eigenvalue weighted by Crippen LogP contribution is 2.59. The van der Waals surface area contributed by atoms with Crippen molar-refractivity contribution in [2.45, 2.75) is 18.4 Å². The molecule has 3 rings (SSSR count). The molecule has 3 saturated carbocycles. The summed E-state index contributed by atoms with van der Waals surface area (Å²) >= 11 is 0. The maximum atomic E-state index is 8.67. The minimum absolute atomic E-state index is 0.0828. The van der Waals surface area contributed by atoms with Crippen LogP contribution in [0, 0.1) is 11.8 Å². The van der Waals surface area contributed by atoms with Gasteiger partial charge in [0.25, 0.3) is 0 Å². The predicted molar refractivity (Wildman–Crippen MR) is 30.2 cm³/mol. The van der Waals surface area contributed by atoms with E-state index in [-0.39, 0.29) is 5.54 Å². The second kappa shape index (κ2) is 1.09. The Morgan fingerprint density at radius 3 is 2.25 bits per heavy atom. The highest BCUT2D eigenvalue weighted by atomic mass is 16.3. The van der Waals surface area contributed by atoms with Crippen LogP contribution in [-0.2, 0) is 0 Å². The summed E-state index contributed by atoms with van der Waals surface area (Å²) in [4.78, 5) is 0. The molecule has 3 aliphatic rings. The fraction of sp³-hybridized carbons (Fsp3) is 1.00. The lowest BCUT2D eigenvalue weighted by Crippen LogP contribution is -2.73. The van der Waals surface area contributed by atoms with Crippen molar-refractivity contribution in [1.29, 1.82) is 0 Å². The molecule has 0 radical (unpaired) electrons. The van der Waals surface area contributed by atoms with Crippen molar-refractivity contribution in [3.63, 3.8) is 0 Å². The first kappa shape index (κ1) is 4.77. The van der Waals surface area contributed by atoms with Crippen LogP contribution in [0.2, 0.25) is 0 Å². The Hall–Kier alpha value is -0.0800. The van der Waals surface area contributed by atoms with E-state index in [1.807, 2.05) is 0 Å². The quantitative estimate of drug-likeness (QED) is 0.491. The van der Waals surface area contributed by atoms with Crippen molar-refractivity contribution in [3.05, 3.63) is 0 Å². The first-order valence-corrected chi connectivity index (χ1v) is 3.16. The maximum Gasteiger partial charge on any atom is 0.0479 e. The van der Waals surface area contributed by atoms with E-state index in [1.54, 1.807) is 0 Å². The monoisotopic (exact) mass is 113 g/mol. The Morgan fingerprint density at radius 1 is 1.62 bits per heavy atom. The molecule has 0 saturated heterocycles. The van der Waals surface area contributed by atoms with E-state index in [1.165, 1.54) is 0 Å². The minimum atomic E-state index is 0.0828. The van der Waals surface area contributed by atoms with Crippen molar-refractivity contribution in [2.75, 3.05) is 6.61 Å². The maximum absolute atomic E-state index is 8.67. The summed E-state index contributed by atoms with van der Waals surface area (Å²) in [5.41, 5.74) is 5.87. The molecule has 3 aliphatic carbocycles.